The van der Waals surface area contributed by atoms with Gasteiger partial charge in [0.2, 0.25) is 0 Å². The molecule has 3 heteroatoms. The van der Waals surface area contributed by atoms with Gasteiger partial charge in [-0.25, -0.2) is 0 Å². The van der Waals surface area contributed by atoms with Crippen molar-refractivity contribution < 1.29 is 15.0 Å². The Morgan fingerprint density at radius 1 is 0.938 bits per heavy atom. The highest BCUT2D eigenvalue weighted by atomic mass is 16.4. The van der Waals surface area contributed by atoms with Crippen molar-refractivity contribution in [3.05, 3.63) is 11.6 Å². The number of allylic oxidation sites excluding steroid dienone is 2. The fraction of sp³-hybridized carbons (Fsp3) is 0.897. The minimum atomic E-state index is -0.540. The summed E-state index contributed by atoms with van der Waals surface area (Å²) in [6, 6.07) is 0. The van der Waals surface area contributed by atoms with Gasteiger partial charge in [0.15, 0.2) is 0 Å². The van der Waals surface area contributed by atoms with Crippen LogP contribution in [-0.2, 0) is 4.79 Å². The second-order valence-corrected chi connectivity index (χ2v) is 13.9. The van der Waals surface area contributed by atoms with Gasteiger partial charge in [0.1, 0.15) is 0 Å². The monoisotopic (exact) mass is 442 g/mol. The molecule has 0 aromatic rings. The zero-order valence-electron chi connectivity index (χ0n) is 21.3. The maximum absolute atomic E-state index is 12.7. The van der Waals surface area contributed by atoms with E-state index in [1.807, 2.05) is 0 Å². The first-order valence-corrected chi connectivity index (χ1v) is 13.5. The molecule has 2 N–H and O–H groups in total. The third-order valence-electron chi connectivity index (χ3n) is 12.6. The van der Waals surface area contributed by atoms with E-state index < -0.39 is 11.4 Å². The number of carboxylic acids is 1. The summed E-state index contributed by atoms with van der Waals surface area (Å²) in [6.45, 7) is 14.3. The fourth-order valence-corrected chi connectivity index (χ4v) is 10.4. The lowest BCUT2D eigenvalue weighted by Crippen LogP contribution is -2.61. The summed E-state index contributed by atoms with van der Waals surface area (Å²) in [5.41, 5.74) is 1.41. The molecule has 0 radical (unpaired) electrons. The normalized spacial score (nSPS) is 54.3. The number of aliphatic hydroxyl groups is 1. The summed E-state index contributed by atoms with van der Waals surface area (Å²) in [5.74, 6) is 2.61. The van der Waals surface area contributed by atoms with Crippen molar-refractivity contribution >= 4 is 5.97 Å². The van der Waals surface area contributed by atoms with E-state index in [4.69, 9.17) is 0 Å². The molecule has 0 aromatic heterocycles. The van der Waals surface area contributed by atoms with Crippen LogP contribution in [0.15, 0.2) is 11.6 Å². The van der Waals surface area contributed by atoms with E-state index in [2.05, 4.69) is 47.6 Å². The topological polar surface area (TPSA) is 57.5 Å². The molecule has 0 unspecified atom stereocenters. The predicted octanol–water partition coefficient (Wildman–Crippen LogP) is 6.70. The first-order valence-electron chi connectivity index (χ1n) is 13.5. The van der Waals surface area contributed by atoms with Gasteiger partial charge >= 0.3 is 5.97 Å². The summed E-state index contributed by atoms with van der Waals surface area (Å²) in [6.07, 6.45) is 11.8. The number of carbonyl (C=O) groups is 1. The fourth-order valence-electron chi connectivity index (χ4n) is 10.4. The molecule has 10 atom stereocenters. The molecule has 5 aliphatic carbocycles. The summed E-state index contributed by atoms with van der Waals surface area (Å²) < 4.78 is 0. The Labute approximate surface area is 195 Å². The van der Waals surface area contributed by atoms with Gasteiger partial charge in [-0.1, -0.05) is 53.2 Å². The van der Waals surface area contributed by atoms with Gasteiger partial charge in [-0.3, -0.25) is 4.79 Å². The van der Waals surface area contributed by atoms with Gasteiger partial charge in [-0.05, 0) is 110 Å². The van der Waals surface area contributed by atoms with Crippen LogP contribution < -0.4 is 0 Å². The molecule has 0 amide bonds. The molecular formula is C29H46O3. The lowest BCUT2D eigenvalue weighted by molar-refractivity contribution is -0.178. The van der Waals surface area contributed by atoms with Crippen LogP contribution in [0.2, 0.25) is 0 Å². The Balaban J connectivity index is 1.57. The Morgan fingerprint density at radius 2 is 1.66 bits per heavy atom. The van der Waals surface area contributed by atoms with E-state index in [1.54, 1.807) is 0 Å². The maximum Gasteiger partial charge on any atom is 0.310 e. The van der Waals surface area contributed by atoms with E-state index in [9.17, 15) is 15.0 Å². The van der Waals surface area contributed by atoms with Crippen LogP contribution >= 0.6 is 0 Å². The summed E-state index contributed by atoms with van der Waals surface area (Å²) in [7, 11) is 0. The Bertz CT molecular complexity index is 828. The largest absolute Gasteiger partial charge is 0.481 e. The van der Waals surface area contributed by atoms with Crippen LogP contribution in [0.3, 0.4) is 0 Å². The lowest BCUT2D eigenvalue weighted by Gasteiger charge is -2.67. The standard InChI is InChI=1S/C29H46O3/c1-17-11-14-29(25(31)32)16-15-27(5)19-9-10-22-26(3,4)23(30)12-13-28(22,6)20(19)7-8-21(27)24(29)18(17)2/h8,17-20,22-24,30H,7,9-16H2,1-6H3,(H,31,32)/t17-,18+,19+,20-,22+,23-,24+,27-,28+,29-/m0/s1. The van der Waals surface area contributed by atoms with Crippen molar-refractivity contribution in [2.75, 3.05) is 0 Å². The highest BCUT2D eigenvalue weighted by molar-refractivity contribution is 5.76. The Hall–Kier alpha value is -0.830. The zero-order valence-corrected chi connectivity index (χ0v) is 21.3. The minimum absolute atomic E-state index is 0.0127. The molecule has 4 fully saturated rings. The van der Waals surface area contributed by atoms with Crippen LogP contribution in [0.25, 0.3) is 0 Å². The molecule has 0 heterocycles. The number of fused-ring (bicyclic) bond motifs is 7. The number of aliphatic hydroxyl groups excluding tert-OH is 1. The van der Waals surface area contributed by atoms with Crippen molar-refractivity contribution in [2.45, 2.75) is 105 Å². The maximum atomic E-state index is 12.7. The molecular weight excluding hydrogens is 396 g/mol. The van der Waals surface area contributed by atoms with Gasteiger partial charge in [0, 0.05) is 0 Å². The second kappa shape index (κ2) is 7.09. The van der Waals surface area contributed by atoms with Crippen LogP contribution in [0.1, 0.15) is 99.3 Å². The summed E-state index contributed by atoms with van der Waals surface area (Å²) in [4.78, 5) is 12.7. The molecule has 4 saturated carbocycles. The molecule has 0 spiro atoms. The molecule has 0 aromatic carbocycles. The van der Waals surface area contributed by atoms with Crippen molar-refractivity contribution in [1.29, 1.82) is 0 Å². The lowest BCUT2D eigenvalue weighted by atomic mass is 9.37. The smallest absolute Gasteiger partial charge is 0.310 e. The van der Waals surface area contributed by atoms with Crippen LogP contribution in [0.4, 0.5) is 0 Å². The minimum Gasteiger partial charge on any atom is -0.481 e. The summed E-state index contributed by atoms with van der Waals surface area (Å²) >= 11 is 0. The van der Waals surface area contributed by atoms with Crippen molar-refractivity contribution in [2.24, 2.45) is 57.2 Å². The summed E-state index contributed by atoms with van der Waals surface area (Å²) in [5, 5.41) is 21.3. The molecule has 0 saturated heterocycles. The molecule has 5 aliphatic rings. The molecule has 0 bridgehead atoms. The average Bonchev–Trinajstić information content (AvgIpc) is 2.73. The number of aliphatic carboxylic acids is 1. The van der Waals surface area contributed by atoms with Crippen LogP contribution in [-0.4, -0.2) is 22.3 Å². The molecule has 5 rings (SSSR count). The number of hydrogen-bond donors (Lipinski definition) is 2. The second-order valence-electron chi connectivity index (χ2n) is 13.9. The van der Waals surface area contributed by atoms with E-state index >= 15 is 0 Å². The molecule has 0 aliphatic heterocycles. The quantitative estimate of drug-likeness (QED) is 0.444. The van der Waals surface area contributed by atoms with E-state index in [-0.39, 0.29) is 28.3 Å². The third kappa shape index (κ3) is 2.72. The van der Waals surface area contributed by atoms with Crippen molar-refractivity contribution in [1.82, 2.24) is 0 Å². The van der Waals surface area contributed by atoms with Gasteiger partial charge in [-0.15, -0.1) is 0 Å². The van der Waals surface area contributed by atoms with Crippen molar-refractivity contribution in [3.8, 4) is 0 Å². The highest BCUT2D eigenvalue weighted by Gasteiger charge is 2.65. The van der Waals surface area contributed by atoms with Crippen LogP contribution in [0.5, 0.6) is 0 Å². The molecule has 32 heavy (non-hydrogen) atoms. The number of rotatable bonds is 1. The van der Waals surface area contributed by atoms with Gasteiger partial charge in [-0.2, -0.15) is 0 Å². The third-order valence-corrected chi connectivity index (χ3v) is 12.6. The Kier molecular flexibility index (Phi) is 5.08. The van der Waals surface area contributed by atoms with Crippen LogP contribution in [0, 0.1) is 57.2 Å². The zero-order chi connectivity index (χ0) is 23.3. The SMILES string of the molecule is C[C@@H]1[C@@H](C)CC[C@]2(C(=O)O)CC[C@]3(C)C(=CC[C@H]4[C@H]3CC[C@@H]3C(C)(C)[C@@H](O)CC[C@@]34C)[C@@H]12. The number of carboxylic acid groups (broad SMARTS) is 1. The Morgan fingerprint density at radius 3 is 2.34 bits per heavy atom. The highest BCUT2D eigenvalue weighted by Crippen LogP contribution is 2.71. The number of hydrogen-bond acceptors (Lipinski definition) is 2. The van der Waals surface area contributed by atoms with Crippen molar-refractivity contribution in [3.63, 3.8) is 0 Å². The van der Waals surface area contributed by atoms with E-state index in [0.29, 0.717) is 29.6 Å². The molecule has 180 valence electrons. The van der Waals surface area contributed by atoms with Gasteiger partial charge in [0.05, 0.1) is 11.5 Å². The first-order chi connectivity index (χ1) is 14.9. The van der Waals surface area contributed by atoms with E-state index in [0.717, 1.165) is 44.9 Å². The van der Waals surface area contributed by atoms with E-state index in [1.165, 1.54) is 18.4 Å². The molecule has 3 nitrogen and oxygen atoms in total. The van der Waals surface area contributed by atoms with Gasteiger partial charge < -0.3 is 10.2 Å². The average molecular weight is 443 g/mol. The van der Waals surface area contributed by atoms with Gasteiger partial charge in [0.25, 0.3) is 0 Å². The first kappa shape index (κ1) is 22.9. The predicted molar refractivity (Wildman–Crippen MR) is 128 cm³/mol.